The number of nitrogens with one attached hydrogen (secondary N) is 1. The Bertz CT molecular complexity index is 541. The van der Waals surface area contributed by atoms with Crippen molar-refractivity contribution in [2.45, 2.75) is 12.8 Å². The van der Waals surface area contributed by atoms with Crippen LogP contribution in [0.1, 0.15) is 23.2 Å². The first-order valence-electron chi connectivity index (χ1n) is 6.84. The molecule has 0 saturated carbocycles. The van der Waals surface area contributed by atoms with E-state index in [0.717, 1.165) is 38.2 Å². The Labute approximate surface area is 122 Å². The Kier molecular flexibility index (Phi) is 4.69. The molecule has 1 fully saturated rings. The number of pyridine rings is 1. The topological polar surface area (TPSA) is 114 Å². The van der Waals surface area contributed by atoms with Crippen LogP contribution in [0.3, 0.4) is 0 Å². The molecule has 8 nitrogen and oxygen atoms in total. The molecule has 2 rings (SSSR count). The van der Waals surface area contributed by atoms with Crippen LogP contribution in [-0.4, -0.2) is 47.4 Å². The highest BCUT2D eigenvalue weighted by atomic mass is 16.6. The molecule has 0 aromatic carbocycles. The smallest absolute Gasteiger partial charge is 0.288 e. The van der Waals surface area contributed by atoms with Crippen molar-refractivity contribution in [3.8, 4) is 0 Å². The molecule has 1 amide bonds. The van der Waals surface area contributed by atoms with E-state index in [0.29, 0.717) is 12.5 Å². The number of nitrogens with two attached hydrogens (primary N) is 1. The van der Waals surface area contributed by atoms with Crippen LogP contribution in [0.25, 0.3) is 0 Å². The van der Waals surface area contributed by atoms with Crippen LogP contribution in [0.15, 0.2) is 12.3 Å². The minimum atomic E-state index is -0.597. The molecule has 0 bridgehead atoms. The third-order valence-corrected chi connectivity index (χ3v) is 3.75. The molecule has 21 heavy (non-hydrogen) atoms. The van der Waals surface area contributed by atoms with Gasteiger partial charge in [-0.25, -0.2) is 4.98 Å². The van der Waals surface area contributed by atoms with Gasteiger partial charge in [-0.05, 0) is 38.9 Å². The number of nitrogen functional groups attached to an aromatic ring is 1. The van der Waals surface area contributed by atoms with Crippen molar-refractivity contribution in [1.29, 1.82) is 0 Å². The lowest BCUT2D eigenvalue weighted by Crippen LogP contribution is -2.37. The molecule has 2 heterocycles. The number of carbonyl (C=O) groups is 1. The molecule has 8 heteroatoms. The van der Waals surface area contributed by atoms with Gasteiger partial charge in [-0.15, -0.1) is 0 Å². The van der Waals surface area contributed by atoms with E-state index in [1.165, 1.54) is 0 Å². The second-order valence-electron chi connectivity index (χ2n) is 5.34. The van der Waals surface area contributed by atoms with Crippen LogP contribution in [0.4, 0.5) is 11.5 Å². The molecule has 0 radical (unpaired) electrons. The fourth-order valence-electron chi connectivity index (χ4n) is 2.34. The zero-order valence-electron chi connectivity index (χ0n) is 11.9. The first kappa shape index (κ1) is 15.2. The number of hydrogen-bond donors (Lipinski definition) is 2. The summed E-state index contributed by atoms with van der Waals surface area (Å²) in [5, 5.41) is 13.5. The molecule has 1 saturated heterocycles. The molecule has 0 aliphatic carbocycles. The zero-order valence-corrected chi connectivity index (χ0v) is 11.9. The third-order valence-electron chi connectivity index (χ3n) is 3.75. The SMILES string of the molecule is CN1CCC(CNC(=O)c2cc([N+](=O)[O-])cnc2N)CC1. The predicted molar refractivity (Wildman–Crippen MR) is 77.9 cm³/mol. The summed E-state index contributed by atoms with van der Waals surface area (Å²) in [6, 6.07) is 1.16. The van der Waals surface area contributed by atoms with E-state index in [9.17, 15) is 14.9 Å². The predicted octanol–water partition coefficient (Wildman–Crippen LogP) is 0.644. The molecular weight excluding hydrogens is 274 g/mol. The fraction of sp³-hybridized carbons (Fsp3) is 0.538. The molecule has 1 aromatic heterocycles. The van der Waals surface area contributed by atoms with Crippen molar-refractivity contribution in [3.05, 3.63) is 27.9 Å². The highest BCUT2D eigenvalue weighted by Crippen LogP contribution is 2.18. The van der Waals surface area contributed by atoms with Gasteiger partial charge < -0.3 is 16.0 Å². The zero-order chi connectivity index (χ0) is 15.4. The van der Waals surface area contributed by atoms with Crippen LogP contribution in [-0.2, 0) is 0 Å². The van der Waals surface area contributed by atoms with Crippen molar-refractivity contribution >= 4 is 17.4 Å². The van der Waals surface area contributed by atoms with Crippen molar-refractivity contribution in [2.75, 3.05) is 32.4 Å². The number of aromatic nitrogens is 1. The molecule has 0 unspecified atom stereocenters. The van der Waals surface area contributed by atoms with Crippen LogP contribution in [0.2, 0.25) is 0 Å². The Morgan fingerprint density at radius 1 is 1.57 bits per heavy atom. The summed E-state index contributed by atoms with van der Waals surface area (Å²) in [5.74, 6) is 0.0159. The molecule has 3 N–H and O–H groups in total. The maximum Gasteiger partial charge on any atom is 0.288 e. The van der Waals surface area contributed by atoms with Gasteiger partial charge in [0, 0.05) is 12.6 Å². The number of hydrogen-bond acceptors (Lipinski definition) is 6. The minimum Gasteiger partial charge on any atom is -0.383 e. The minimum absolute atomic E-state index is 0.00137. The number of nitro groups is 1. The maximum atomic E-state index is 12.1. The van der Waals surface area contributed by atoms with Gasteiger partial charge >= 0.3 is 0 Å². The van der Waals surface area contributed by atoms with Crippen molar-refractivity contribution in [2.24, 2.45) is 5.92 Å². The Balaban J connectivity index is 1.97. The van der Waals surface area contributed by atoms with Crippen LogP contribution in [0, 0.1) is 16.0 Å². The number of nitrogens with zero attached hydrogens (tertiary/aromatic N) is 3. The van der Waals surface area contributed by atoms with Crippen molar-refractivity contribution < 1.29 is 9.72 Å². The van der Waals surface area contributed by atoms with Gasteiger partial charge in [0.25, 0.3) is 11.6 Å². The van der Waals surface area contributed by atoms with Gasteiger partial charge in [-0.3, -0.25) is 14.9 Å². The number of rotatable bonds is 4. The molecule has 1 aliphatic heterocycles. The first-order chi connectivity index (χ1) is 9.97. The van der Waals surface area contributed by atoms with Gasteiger partial charge in [-0.2, -0.15) is 0 Å². The van der Waals surface area contributed by atoms with E-state index in [1.54, 1.807) is 0 Å². The van der Waals surface area contributed by atoms with E-state index in [1.807, 2.05) is 0 Å². The average Bonchev–Trinajstić information content (AvgIpc) is 2.46. The third kappa shape index (κ3) is 3.88. The first-order valence-corrected chi connectivity index (χ1v) is 6.84. The molecule has 0 atom stereocenters. The number of carbonyl (C=O) groups excluding carboxylic acids is 1. The summed E-state index contributed by atoms with van der Waals surface area (Å²) in [6.45, 7) is 2.58. The van der Waals surface area contributed by atoms with Crippen molar-refractivity contribution in [1.82, 2.24) is 15.2 Å². The van der Waals surface area contributed by atoms with E-state index >= 15 is 0 Å². The molecule has 1 aliphatic rings. The van der Waals surface area contributed by atoms with Crippen LogP contribution >= 0.6 is 0 Å². The lowest BCUT2D eigenvalue weighted by molar-refractivity contribution is -0.385. The van der Waals surface area contributed by atoms with Gasteiger partial charge in [-0.1, -0.05) is 0 Å². The van der Waals surface area contributed by atoms with E-state index in [4.69, 9.17) is 5.73 Å². The standard InChI is InChI=1S/C13H19N5O3/c1-17-4-2-9(3-5-17)7-16-13(19)11-6-10(18(20)21)8-15-12(11)14/h6,8-9H,2-5,7H2,1H3,(H2,14,15)(H,16,19). The molecule has 0 spiro atoms. The van der Waals surface area contributed by atoms with Gasteiger partial charge in [0.2, 0.25) is 0 Å². The molecule has 1 aromatic rings. The maximum absolute atomic E-state index is 12.1. The second kappa shape index (κ2) is 6.49. The largest absolute Gasteiger partial charge is 0.383 e. The highest BCUT2D eigenvalue weighted by Gasteiger charge is 2.20. The number of amides is 1. The van der Waals surface area contributed by atoms with Gasteiger partial charge in [0.1, 0.15) is 12.0 Å². The van der Waals surface area contributed by atoms with Gasteiger partial charge in [0.15, 0.2) is 0 Å². The van der Waals surface area contributed by atoms with Crippen molar-refractivity contribution in [3.63, 3.8) is 0 Å². The van der Waals surface area contributed by atoms with E-state index in [2.05, 4.69) is 22.2 Å². The van der Waals surface area contributed by atoms with Gasteiger partial charge in [0.05, 0.1) is 10.5 Å². The Morgan fingerprint density at radius 3 is 2.86 bits per heavy atom. The van der Waals surface area contributed by atoms with E-state index in [-0.39, 0.29) is 17.1 Å². The lowest BCUT2D eigenvalue weighted by atomic mass is 9.97. The van der Waals surface area contributed by atoms with Crippen LogP contribution < -0.4 is 11.1 Å². The number of likely N-dealkylation sites (tertiary alicyclic amines) is 1. The summed E-state index contributed by atoms with van der Waals surface area (Å²) >= 11 is 0. The normalized spacial score (nSPS) is 16.6. The summed E-state index contributed by atoms with van der Waals surface area (Å²) < 4.78 is 0. The number of piperidine rings is 1. The Morgan fingerprint density at radius 2 is 2.24 bits per heavy atom. The van der Waals surface area contributed by atoms with E-state index < -0.39 is 10.8 Å². The summed E-state index contributed by atoms with van der Waals surface area (Å²) in [6.07, 6.45) is 3.10. The Hall–Kier alpha value is -2.22. The second-order valence-corrected chi connectivity index (χ2v) is 5.34. The number of anilines is 1. The molecular formula is C13H19N5O3. The van der Waals surface area contributed by atoms with Crippen LogP contribution in [0.5, 0.6) is 0 Å². The average molecular weight is 293 g/mol. The quantitative estimate of drug-likeness (QED) is 0.622. The lowest BCUT2D eigenvalue weighted by Gasteiger charge is -2.28. The summed E-state index contributed by atoms with van der Waals surface area (Å²) in [7, 11) is 2.07. The summed E-state index contributed by atoms with van der Waals surface area (Å²) in [5.41, 5.74) is 5.43. The monoisotopic (exact) mass is 293 g/mol. The highest BCUT2D eigenvalue weighted by molar-refractivity contribution is 5.98. The molecule has 114 valence electrons. The fourth-order valence-corrected chi connectivity index (χ4v) is 2.34. The summed E-state index contributed by atoms with van der Waals surface area (Å²) in [4.78, 5) is 28.1.